The van der Waals surface area contributed by atoms with E-state index in [0.717, 1.165) is 12.8 Å². The molecule has 106 valence electrons. The number of halogens is 1. The number of nitrogens with two attached hydrogens (primary N) is 1. The minimum absolute atomic E-state index is 0.179. The van der Waals surface area contributed by atoms with E-state index in [1.54, 1.807) is 18.2 Å². The van der Waals surface area contributed by atoms with Crippen LogP contribution in [0.1, 0.15) is 22.5 Å². The topological polar surface area (TPSA) is 68.0 Å². The van der Waals surface area contributed by atoms with Crippen LogP contribution >= 0.6 is 11.3 Å². The summed E-state index contributed by atoms with van der Waals surface area (Å²) in [6.07, 6.45) is 3.20. The van der Waals surface area contributed by atoms with Gasteiger partial charge in [0.15, 0.2) is 0 Å². The zero-order valence-corrected chi connectivity index (χ0v) is 11.8. The molecule has 0 atom stereocenters. The van der Waals surface area contributed by atoms with Crippen LogP contribution in [0.3, 0.4) is 0 Å². The van der Waals surface area contributed by atoms with Crippen molar-refractivity contribution in [3.63, 3.8) is 0 Å². The van der Waals surface area contributed by atoms with Crippen LogP contribution in [0.15, 0.2) is 30.5 Å². The second-order valence-electron chi connectivity index (χ2n) is 4.26. The lowest BCUT2D eigenvalue weighted by Gasteiger charge is -2.01. The van der Waals surface area contributed by atoms with Gasteiger partial charge in [0.1, 0.15) is 15.7 Å². The highest BCUT2D eigenvalue weighted by atomic mass is 32.1. The molecule has 1 aromatic carbocycles. The molecule has 6 heteroatoms. The van der Waals surface area contributed by atoms with Crippen LogP contribution in [0.2, 0.25) is 0 Å². The van der Waals surface area contributed by atoms with Gasteiger partial charge in [0, 0.05) is 12.1 Å². The van der Waals surface area contributed by atoms with Crippen molar-refractivity contribution in [1.82, 2.24) is 10.3 Å². The van der Waals surface area contributed by atoms with Crippen LogP contribution in [-0.2, 0) is 0 Å². The standard InChI is InChI=1S/C14H16FN3OS/c15-11-6-2-1-5-10(11)14-18-9-12(20-14)13(19)17-8-4-3-7-16/h1-2,5-6,9H,3-4,7-8,16H2,(H,17,19). The summed E-state index contributed by atoms with van der Waals surface area (Å²) in [6, 6.07) is 6.39. The second-order valence-corrected chi connectivity index (χ2v) is 5.29. The molecule has 4 nitrogen and oxygen atoms in total. The highest BCUT2D eigenvalue weighted by molar-refractivity contribution is 7.16. The third-order valence-corrected chi connectivity index (χ3v) is 3.78. The molecule has 0 aliphatic heterocycles. The van der Waals surface area contributed by atoms with Gasteiger partial charge in [-0.1, -0.05) is 12.1 Å². The van der Waals surface area contributed by atoms with E-state index in [4.69, 9.17) is 5.73 Å². The number of carbonyl (C=O) groups excluding carboxylic acids is 1. The minimum atomic E-state index is -0.336. The Labute approximate surface area is 120 Å². The van der Waals surface area contributed by atoms with Crippen molar-refractivity contribution in [2.45, 2.75) is 12.8 Å². The van der Waals surface area contributed by atoms with Gasteiger partial charge < -0.3 is 11.1 Å². The lowest BCUT2D eigenvalue weighted by Crippen LogP contribution is -2.23. The number of benzene rings is 1. The van der Waals surface area contributed by atoms with E-state index in [2.05, 4.69) is 10.3 Å². The van der Waals surface area contributed by atoms with E-state index in [-0.39, 0.29) is 11.7 Å². The molecule has 1 amide bonds. The van der Waals surface area contributed by atoms with Crippen LogP contribution in [0.4, 0.5) is 4.39 Å². The quantitative estimate of drug-likeness (QED) is 0.804. The lowest BCUT2D eigenvalue weighted by molar-refractivity contribution is 0.0957. The molecule has 0 saturated carbocycles. The van der Waals surface area contributed by atoms with Gasteiger partial charge in [0.2, 0.25) is 0 Å². The Morgan fingerprint density at radius 1 is 1.35 bits per heavy atom. The summed E-state index contributed by atoms with van der Waals surface area (Å²) in [5.41, 5.74) is 5.80. The first kappa shape index (κ1) is 14.6. The fourth-order valence-electron chi connectivity index (χ4n) is 1.70. The molecule has 2 aromatic rings. The van der Waals surface area contributed by atoms with Crippen molar-refractivity contribution in [3.05, 3.63) is 41.2 Å². The van der Waals surface area contributed by atoms with E-state index >= 15 is 0 Å². The number of nitrogens with one attached hydrogen (secondary N) is 1. The zero-order chi connectivity index (χ0) is 14.4. The summed E-state index contributed by atoms with van der Waals surface area (Å²) in [7, 11) is 0. The van der Waals surface area contributed by atoms with Crippen LogP contribution in [0, 0.1) is 5.82 Å². The fraction of sp³-hybridized carbons (Fsp3) is 0.286. The van der Waals surface area contributed by atoms with Gasteiger partial charge in [-0.3, -0.25) is 4.79 Å². The summed E-state index contributed by atoms with van der Waals surface area (Å²) in [5.74, 6) is -0.515. The molecule has 0 radical (unpaired) electrons. The van der Waals surface area contributed by atoms with Gasteiger partial charge in [-0.15, -0.1) is 11.3 Å². The number of nitrogens with zero attached hydrogens (tertiary/aromatic N) is 1. The number of hydrogen-bond acceptors (Lipinski definition) is 4. The Morgan fingerprint density at radius 3 is 2.90 bits per heavy atom. The molecule has 1 aromatic heterocycles. The monoisotopic (exact) mass is 293 g/mol. The predicted octanol–water partition coefficient (Wildman–Crippen LogP) is 2.42. The molecule has 0 fully saturated rings. The third-order valence-electron chi connectivity index (χ3n) is 2.75. The Morgan fingerprint density at radius 2 is 2.15 bits per heavy atom. The number of amides is 1. The summed E-state index contributed by atoms with van der Waals surface area (Å²) in [5, 5.41) is 3.30. The van der Waals surface area contributed by atoms with Crippen molar-refractivity contribution in [2.24, 2.45) is 5.73 Å². The number of aromatic nitrogens is 1. The summed E-state index contributed by atoms with van der Waals surface area (Å²) >= 11 is 1.18. The summed E-state index contributed by atoms with van der Waals surface area (Å²) in [6.45, 7) is 1.21. The van der Waals surface area contributed by atoms with Crippen molar-refractivity contribution in [3.8, 4) is 10.6 Å². The van der Waals surface area contributed by atoms with E-state index in [1.165, 1.54) is 23.6 Å². The van der Waals surface area contributed by atoms with E-state index in [1.807, 2.05) is 0 Å². The number of thiazole rings is 1. The number of hydrogen-bond donors (Lipinski definition) is 2. The Bertz CT molecular complexity index is 585. The van der Waals surface area contributed by atoms with Crippen LogP contribution in [0.25, 0.3) is 10.6 Å². The molecule has 20 heavy (non-hydrogen) atoms. The van der Waals surface area contributed by atoms with E-state index in [0.29, 0.717) is 28.5 Å². The van der Waals surface area contributed by atoms with Gasteiger partial charge in [0.05, 0.1) is 6.20 Å². The molecule has 2 rings (SSSR count). The average molecular weight is 293 g/mol. The van der Waals surface area contributed by atoms with Crippen molar-refractivity contribution < 1.29 is 9.18 Å². The normalized spacial score (nSPS) is 10.5. The van der Waals surface area contributed by atoms with Gasteiger partial charge in [-0.2, -0.15) is 0 Å². The van der Waals surface area contributed by atoms with Crippen molar-refractivity contribution in [2.75, 3.05) is 13.1 Å². The fourth-order valence-corrected chi connectivity index (χ4v) is 2.56. The largest absolute Gasteiger partial charge is 0.351 e. The minimum Gasteiger partial charge on any atom is -0.351 e. The van der Waals surface area contributed by atoms with Crippen molar-refractivity contribution in [1.29, 1.82) is 0 Å². The summed E-state index contributed by atoms with van der Waals surface area (Å²) < 4.78 is 13.6. The van der Waals surface area contributed by atoms with Crippen molar-refractivity contribution >= 4 is 17.2 Å². The molecule has 0 aliphatic rings. The molecular formula is C14H16FN3OS. The Kier molecular flexibility index (Phi) is 5.20. The molecule has 0 bridgehead atoms. The van der Waals surface area contributed by atoms with E-state index in [9.17, 15) is 9.18 Å². The maximum absolute atomic E-state index is 13.6. The highest BCUT2D eigenvalue weighted by Crippen LogP contribution is 2.27. The predicted molar refractivity (Wildman–Crippen MR) is 78.1 cm³/mol. The van der Waals surface area contributed by atoms with Gasteiger partial charge in [-0.25, -0.2) is 9.37 Å². The highest BCUT2D eigenvalue weighted by Gasteiger charge is 2.13. The molecule has 3 N–H and O–H groups in total. The first-order valence-electron chi connectivity index (χ1n) is 6.41. The van der Waals surface area contributed by atoms with Crippen LogP contribution in [0.5, 0.6) is 0 Å². The summed E-state index contributed by atoms with van der Waals surface area (Å²) in [4.78, 5) is 16.5. The second kappa shape index (κ2) is 7.12. The van der Waals surface area contributed by atoms with Crippen LogP contribution in [-0.4, -0.2) is 24.0 Å². The Balaban J connectivity index is 2.02. The smallest absolute Gasteiger partial charge is 0.263 e. The lowest BCUT2D eigenvalue weighted by atomic mass is 10.2. The molecule has 1 heterocycles. The average Bonchev–Trinajstić information content (AvgIpc) is 2.93. The molecule has 0 spiro atoms. The SMILES string of the molecule is NCCCCNC(=O)c1cnc(-c2ccccc2F)s1. The maximum atomic E-state index is 13.6. The molecule has 0 unspecified atom stereocenters. The number of carbonyl (C=O) groups is 1. The van der Waals surface area contributed by atoms with Gasteiger partial charge >= 0.3 is 0 Å². The third kappa shape index (κ3) is 3.61. The van der Waals surface area contributed by atoms with Gasteiger partial charge in [-0.05, 0) is 31.5 Å². The van der Waals surface area contributed by atoms with Gasteiger partial charge in [0.25, 0.3) is 5.91 Å². The maximum Gasteiger partial charge on any atom is 0.263 e. The number of rotatable bonds is 6. The first-order valence-corrected chi connectivity index (χ1v) is 7.23. The Hall–Kier alpha value is -1.79. The zero-order valence-electron chi connectivity index (χ0n) is 10.9. The van der Waals surface area contributed by atoms with E-state index < -0.39 is 0 Å². The first-order chi connectivity index (χ1) is 9.72. The molecule has 0 aliphatic carbocycles. The molecule has 0 saturated heterocycles. The van der Waals surface area contributed by atoms with Crippen LogP contribution < -0.4 is 11.1 Å². The number of unbranched alkanes of at least 4 members (excludes halogenated alkanes) is 1. The molecular weight excluding hydrogens is 277 g/mol.